The Kier molecular flexibility index (Phi) is 4.30. The molecule has 0 unspecified atom stereocenters. The number of rotatable bonds is 3. The summed E-state index contributed by atoms with van der Waals surface area (Å²) in [5.74, 6) is 4.91. The van der Waals surface area contributed by atoms with Crippen LogP contribution in [0.1, 0.15) is 15.9 Å². The molecule has 1 aromatic rings. The normalized spacial score (nSPS) is 11.2. The van der Waals surface area contributed by atoms with Crippen LogP contribution >= 0.6 is 11.6 Å². The lowest BCUT2D eigenvalue weighted by molar-refractivity contribution is 0.0600. The highest BCUT2D eigenvalue weighted by Gasteiger charge is 2.15. The fourth-order valence-electron chi connectivity index (χ4n) is 1.24. The average molecular weight is 257 g/mol. The van der Waals surface area contributed by atoms with Gasteiger partial charge in [-0.05, 0) is 18.2 Å². The van der Waals surface area contributed by atoms with E-state index in [0.29, 0.717) is 10.6 Å². The second-order valence-corrected chi connectivity index (χ2v) is 3.68. The summed E-state index contributed by atoms with van der Waals surface area (Å²) in [6.07, 6.45) is 0. The number of benzene rings is 1. The number of hydrogen-bond donors (Lipinski definition) is 2. The molecule has 0 amide bonds. The van der Waals surface area contributed by atoms with Crippen molar-refractivity contribution in [3.05, 3.63) is 34.3 Å². The second-order valence-electron chi connectivity index (χ2n) is 3.24. The van der Waals surface area contributed by atoms with Crippen LogP contribution in [0.4, 0.5) is 0 Å². The van der Waals surface area contributed by atoms with Gasteiger partial charge in [-0.15, -0.1) is 5.10 Å². The van der Waals surface area contributed by atoms with E-state index in [9.17, 15) is 4.79 Å². The zero-order valence-electron chi connectivity index (χ0n) is 9.48. The number of esters is 1. The molecule has 0 aromatic heterocycles. The quantitative estimate of drug-likeness (QED) is 0.271. The van der Waals surface area contributed by atoms with E-state index in [-0.39, 0.29) is 11.4 Å². The first-order chi connectivity index (χ1) is 7.95. The summed E-state index contributed by atoms with van der Waals surface area (Å²) in [5.41, 5.74) is 6.37. The van der Waals surface area contributed by atoms with Crippen LogP contribution in [-0.4, -0.2) is 31.1 Å². The summed E-state index contributed by atoms with van der Waals surface area (Å²) in [5, 5.41) is 5.26. The lowest BCUT2D eigenvalue weighted by Gasteiger charge is -2.10. The minimum absolute atomic E-state index is 0.104. The van der Waals surface area contributed by atoms with Gasteiger partial charge in [0.1, 0.15) is 0 Å². The number of ether oxygens (including phenoxy) is 1. The van der Waals surface area contributed by atoms with Gasteiger partial charge in [-0.1, -0.05) is 11.6 Å². The highest BCUT2D eigenvalue weighted by molar-refractivity contribution is 6.31. The smallest absolute Gasteiger partial charge is 0.338 e. The van der Waals surface area contributed by atoms with Crippen molar-refractivity contribution in [3.63, 3.8) is 0 Å². The molecule has 17 heavy (non-hydrogen) atoms. The first-order valence-corrected chi connectivity index (χ1v) is 5.04. The molecule has 1 rings (SSSR count). The van der Waals surface area contributed by atoms with Crippen LogP contribution in [0.15, 0.2) is 23.3 Å². The summed E-state index contributed by atoms with van der Waals surface area (Å²) in [7, 11) is 2.79. The maximum absolute atomic E-state index is 11.5. The molecule has 0 heterocycles. The van der Waals surface area contributed by atoms with E-state index in [2.05, 4.69) is 9.84 Å². The highest BCUT2D eigenvalue weighted by Crippen LogP contribution is 2.17. The number of carbonyl (C=O) groups is 1. The number of carbonyl (C=O) groups excluding carboxylic acids is 1. The SMILES string of the molecule is COC(=O)c1cc(Cl)ccc1/C(N)=N/N(C)N. The third kappa shape index (κ3) is 3.33. The Morgan fingerprint density at radius 2 is 2.12 bits per heavy atom. The molecule has 0 radical (unpaired) electrons. The molecule has 0 saturated carbocycles. The zero-order valence-corrected chi connectivity index (χ0v) is 10.2. The van der Waals surface area contributed by atoms with Crippen LogP contribution in [-0.2, 0) is 4.74 Å². The number of amidine groups is 1. The van der Waals surface area contributed by atoms with Crippen molar-refractivity contribution < 1.29 is 9.53 Å². The zero-order chi connectivity index (χ0) is 13.0. The summed E-state index contributed by atoms with van der Waals surface area (Å²) in [6.45, 7) is 0. The average Bonchev–Trinajstić information content (AvgIpc) is 2.26. The molecule has 0 aliphatic carbocycles. The standard InChI is InChI=1S/C10H13ClN4O2/c1-15(13)14-9(12)7-4-3-6(11)5-8(7)10(16)17-2/h3-5H,13H2,1-2H3,(H2,12,14). The van der Waals surface area contributed by atoms with E-state index in [4.69, 9.17) is 23.2 Å². The molecule has 0 fully saturated rings. The van der Waals surface area contributed by atoms with Gasteiger partial charge in [0.25, 0.3) is 0 Å². The van der Waals surface area contributed by atoms with Crippen molar-refractivity contribution in [1.82, 2.24) is 5.12 Å². The Balaban J connectivity index is 3.28. The topological polar surface area (TPSA) is 93.9 Å². The molecular formula is C10H13ClN4O2. The van der Waals surface area contributed by atoms with Gasteiger partial charge in [-0.25, -0.2) is 15.8 Å². The maximum Gasteiger partial charge on any atom is 0.338 e. The Morgan fingerprint density at radius 1 is 1.47 bits per heavy atom. The monoisotopic (exact) mass is 256 g/mol. The fraction of sp³-hybridized carbons (Fsp3) is 0.200. The van der Waals surface area contributed by atoms with Crippen molar-refractivity contribution in [2.75, 3.05) is 14.2 Å². The van der Waals surface area contributed by atoms with Gasteiger partial charge in [0.15, 0.2) is 5.84 Å². The first kappa shape index (κ1) is 13.3. The summed E-state index contributed by atoms with van der Waals surface area (Å²) < 4.78 is 4.63. The van der Waals surface area contributed by atoms with Crippen molar-refractivity contribution >= 4 is 23.4 Å². The molecule has 0 aliphatic rings. The van der Waals surface area contributed by atoms with Gasteiger partial charge in [0, 0.05) is 17.6 Å². The predicted molar refractivity (Wildman–Crippen MR) is 65.5 cm³/mol. The summed E-state index contributed by atoms with van der Waals surface area (Å²) in [4.78, 5) is 11.5. The Hall–Kier alpha value is -1.79. The van der Waals surface area contributed by atoms with E-state index in [1.54, 1.807) is 12.1 Å². The Morgan fingerprint density at radius 3 is 2.65 bits per heavy atom. The van der Waals surface area contributed by atoms with Gasteiger partial charge < -0.3 is 10.5 Å². The molecule has 6 nitrogen and oxygen atoms in total. The molecule has 0 atom stereocenters. The Labute approximate surface area is 104 Å². The van der Waals surface area contributed by atoms with E-state index in [1.165, 1.54) is 20.2 Å². The van der Waals surface area contributed by atoms with Crippen molar-refractivity contribution in [2.45, 2.75) is 0 Å². The fourth-order valence-corrected chi connectivity index (χ4v) is 1.41. The van der Waals surface area contributed by atoms with Crippen molar-refractivity contribution in [2.24, 2.45) is 16.7 Å². The highest BCUT2D eigenvalue weighted by atomic mass is 35.5. The van der Waals surface area contributed by atoms with Gasteiger partial charge in [-0.3, -0.25) is 0 Å². The number of hydrazone groups is 1. The van der Waals surface area contributed by atoms with Crippen LogP contribution < -0.4 is 11.6 Å². The van der Waals surface area contributed by atoms with Gasteiger partial charge in [0.2, 0.25) is 0 Å². The first-order valence-electron chi connectivity index (χ1n) is 4.66. The second kappa shape index (κ2) is 5.51. The van der Waals surface area contributed by atoms with Gasteiger partial charge >= 0.3 is 5.97 Å². The molecule has 0 aliphatic heterocycles. The molecule has 4 N–H and O–H groups in total. The number of halogens is 1. The molecule has 7 heteroatoms. The molecule has 1 aromatic carbocycles. The van der Waals surface area contributed by atoms with E-state index >= 15 is 0 Å². The van der Waals surface area contributed by atoms with E-state index < -0.39 is 5.97 Å². The lowest BCUT2D eigenvalue weighted by atomic mass is 10.1. The number of nitrogens with zero attached hydrogens (tertiary/aromatic N) is 2. The third-order valence-electron chi connectivity index (χ3n) is 1.93. The number of methoxy groups -OCH3 is 1. The lowest BCUT2D eigenvalue weighted by Crippen LogP contribution is -2.27. The van der Waals surface area contributed by atoms with Crippen LogP contribution in [0.5, 0.6) is 0 Å². The van der Waals surface area contributed by atoms with Crippen LogP contribution in [0.25, 0.3) is 0 Å². The van der Waals surface area contributed by atoms with Gasteiger partial charge in [0.05, 0.1) is 12.7 Å². The van der Waals surface area contributed by atoms with Crippen LogP contribution in [0, 0.1) is 0 Å². The molecular weight excluding hydrogens is 244 g/mol. The largest absolute Gasteiger partial charge is 0.465 e. The number of hydrogen-bond acceptors (Lipinski definition) is 5. The molecule has 0 spiro atoms. The maximum atomic E-state index is 11.5. The van der Waals surface area contributed by atoms with E-state index in [1.807, 2.05) is 0 Å². The van der Waals surface area contributed by atoms with Crippen LogP contribution in [0.3, 0.4) is 0 Å². The number of hydrazine groups is 1. The predicted octanol–water partition coefficient (Wildman–Crippen LogP) is 0.552. The van der Waals surface area contributed by atoms with Gasteiger partial charge in [-0.2, -0.15) is 0 Å². The Bertz CT molecular complexity index is 460. The summed E-state index contributed by atoms with van der Waals surface area (Å²) >= 11 is 5.80. The molecule has 0 saturated heterocycles. The number of nitrogens with two attached hydrogens (primary N) is 2. The third-order valence-corrected chi connectivity index (χ3v) is 2.16. The minimum Gasteiger partial charge on any atom is -0.465 e. The molecule has 92 valence electrons. The van der Waals surface area contributed by atoms with Crippen molar-refractivity contribution in [3.8, 4) is 0 Å². The summed E-state index contributed by atoms with van der Waals surface area (Å²) in [6, 6.07) is 4.64. The van der Waals surface area contributed by atoms with Crippen LogP contribution in [0.2, 0.25) is 5.02 Å². The minimum atomic E-state index is -0.541. The van der Waals surface area contributed by atoms with E-state index in [0.717, 1.165) is 5.12 Å². The molecule has 0 bridgehead atoms. The van der Waals surface area contributed by atoms with Crippen molar-refractivity contribution in [1.29, 1.82) is 0 Å².